The quantitative estimate of drug-likeness (QED) is 0.876. The van der Waals surface area contributed by atoms with E-state index in [1.54, 1.807) is 18.2 Å². The molecule has 1 aliphatic rings. The predicted octanol–water partition coefficient (Wildman–Crippen LogP) is 3.27. The molecule has 1 aromatic carbocycles. The van der Waals surface area contributed by atoms with Crippen LogP contribution in [0.5, 0.6) is 0 Å². The number of benzene rings is 1. The third-order valence-electron chi connectivity index (χ3n) is 2.88. The Hall–Kier alpha value is -0.930. The van der Waals surface area contributed by atoms with Gasteiger partial charge in [-0.05, 0) is 25.0 Å². The number of carbonyl (C=O) groups is 1. The Morgan fingerprint density at radius 2 is 2.12 bits per heavy atom. The minimum atomic E-state index is -0.762. The van der Waals surface area contributed by atoms with Gasteiger partial charge in [-0.25, -0.2) is 0 Å². The summed E-state index contributed by atoms with van der Waals surface area (Å²) < 4.78 is 0. The number of aliphatic carboxylic acids is 1. The minimum absolute atomic E-state index is 0.0477. The number of carboxylic acids is 1. The van der Waals surface area contributed by atoms with Gasteiger partial charge < -0.3 is 10.4 Å². The first-order valence-electron chi connectivity index (χ1n) is 5.03. The van der Waals surface area contributed by atoms with E-state index in [4.69, 9.17) is 28.3 Å². The standard InChI is InChI=1S/C11H11Cl2NO2/c12-7-2-1-3-9(10(7)13)14-8-5-4-6(8)11(15)16/h1-3,6,8,14H,4-5H2,(H,15,16). The van der Waals surface area contributed by atoms with Crippen molar-refractivity contribution >= 4 is 34.9 Å². The molecule has 0 spiro atoms. The second kappa shape index (κ2) is 4.52. The van der Waals surface area contributed by atoms with Crippen molar-refractivity contribution in [3.63, 3.8) is 0 Å². The summed E-state index contributed by atoms with van der Waals surface area (Å²) in [5.41, 5.74) is 0.699. The molecule has 1 aromatic rings. The van der Waals surface area contributed by atoms with E-state index < -0.39 is 5.97 Å². The lowest BCUT2D eigenvalue weighted by molar-refractivity contribution is -0.144. The molecule has 0 bridgehead atoms. The lowest BCUT2D eigenvalue weighted by Crippen LogP contribution is -2.43. The number of nitrogens with one attached hydrogen (secondary N) is 1. The van der Waals surface area contributed by atoms with Crippen LogP contribution in [0.2, 0.25) is 10.0 Å². The number of carboxylic acid groups (broad SMARTS) is 1. The zero-order valence-corrected chi connectivity index (χ0v) is 9.92. The maximum Gasteiger partial charge on any atom is 0.308 e. The number of hydrogen-bond acceptors (Lipinski definition) is 2. The highest BCUT2D eigenvalue weighted by Gasteiger charge is 2.36. The van der Waals surface area contributed by atoms with Crippen molar-refractivity contribution in [2.45, 2.75) is 18.9 Å². The number of halogens is 2. The van der Waals surface area contributed by atoms with Gasteiger partial charge >= 0.3 is 5.97 Å². The molecule has 2 atom stereocenters. The lowest BCUT2D eigenvalue weighted by Gasteiger charge is -2.35. The number of anilines is 1. The van der Waals surface area contributed by atoms with Crippen LogP contribution in [-0.4, -0.2) is 17.1 Å². The molecule has 0 aliphatic heterocycles. The van der Waals surface area contributed by atoms with Gasteiger partial charge in [-0.2, -0.15) is 0 Å². The SMILES string of the molecule is O=C(O)C1CCC1Nc1cccc(Cl)c1Cl. The van der Waals surface area contributed by atoms with E-state index in [0.29, 0.717) is 22.2 Å². The first kappa shape index (κ1) is 11.6. The van der Waals surface area contributed by atoms with Crippen molar-refractivity contribution < 1.29 is 9.90 Å². The molecule has 5 heteroatoms. The van der Waals surface area contributed by atoms with Gasteiger partial charge in [0.15, 0.2) is 0 Å². The molecule has 0 aromatic heterocycles. The first-order chi connectivity index (χ1) is 7.59. The largest absolute Gasteiger partial charge is 0.481 e. The van der Waals surface area contributed by atoms with Crippen molar-refractivity contribution in [3.8, 4) is 0 Å². The fourth-order valence-electron chi connectivity index (χ4n) is 1.78. The Labute approximate surface area is 103 Å². The van der Waals surface area contributed by atoms with Gasteiger partial charge in [0.05, 0.1) is 21.7 Å². The molecule has 2 rings (SSSR count). The predicted molar refractivity (Wildman–Crippen MR) is 64.2 cm³/mol. The van der Waals surface area contributed by atoms with E-state index in [9.17, 15) is 4.79 Å². The van der Waals surface area contributed by atoms with Gasteiger partial charge in [0.1, 0.15) is 0 Å². The molecule has 1 aliphatic carbocycles. The van der Waals surface area contributed by atoms with E-state index in [1.165, 1.54) is 0 Å². The molecule has 86 valence electrons. The number of hydrogen-bond donors (Lipinski definition) is 2. The normalized spacial score (nSPS) is 23.6. The third kappa shape index (κ3) is 2.11. The summed E-state index contributed by atoms with van der Waals surface area (Å²) in [5, 5.41) is 12.9. The zero-order chi connectivity index (χ0) is 11.7. The van der Waals surface area contributed by atoms with Gasteiger partial charge in [0, 0.05) is 6.04 Å². The van der Waals surface area contributed by atoms with Crippen LogP contribution in [0.4, 0.5) is 5.69 Å². The lowest BCUT2D eigenvalue weighted by atomic mass is 9.79. The highest BCUT2D eigenvalue weighted by atomic mass is 35.5. The van der Waals surface area contributed by atoms with Crippen LogP contribution >= 0.6 is 23.2 Å². The monoisotopic (exact) mass is 259 g/mol. The van der Waals surface area contributed by atoms with Crippen LogP contribution in [-0.2, 0) is 4.79 Å². The molecular formula is C11H11Cl2NO2. The first-order valence-corrected chi connectivity index (χ1v) is 5.78. The van der Waals surface area contributed by atoms with Crippen LogP contribution in [0.15, 0.2) is 18.2 Å². The summed E-state index contributed by atoms with van der Waals surface area (Å²) in [6.07, 6.45) is 1.56. The molecule has 2 unspecified atom stereocenters. The topological polar surface area (TPSA) is 49.3 Å². The van der Waals surface area contributed by atoms with E-state index in [2.05, 4.69) is 5.32 Å². The summed E-state index contributed by atoms with van der Waals surface area (Å²) in [5.74, 6) is -1.09. The summed E-state index contributed by atoms with van der Waals surface area (Å²) in [4.78, 5) is 10.8. The van der Waals surface area contributed by atoms with Gasteiger partial charge in [-0.3, -0.25) is 4.79 Å². The summed E-state index contributed by atoms with van der Waals surface area (Å²) >= 11 is 11.9. The molecule has 3 nitrogen and oxygen atoms in total. The van der Waals surface area contributed by atoms with E-state index in [0.717, 1.165) is 6.42 Å². The zero-order valence-electron chi connectivity index (χ0n) is 8.41. The van der Waals surface area contributed by atoms with Crippen molar-refractivity contribution in [2.75, 3.05) is 5.32 Å². The Bertz CT molecular complexity index is 422. The molecule has 1 fully saturated rings. The highest BCUT2D eigenvalue weighted by molar-refractivity contribution is 6.43. The molecule has 0 radical (unpaired) electrons. The Morgan fingerprint density at radius 1 is 1.38 bits per heavy atom. The van der Waals surface area contributed by atoms with E-state index in [1.807, 2.05) is 0 Å². The average molecular weight is 260 g/mol. The second-order valence-corrected chi connectivity index (χ2v) is 4.66. The molecular weight excluding hydrogens is 249 g/mol. The maximum atomic E-state index is 10.8. The van der Waals surface area contributed by atoms with Crippen LogP contribution in [0.25, 0.3) is 0 Å². The van der Waals surface area contributed by atoms with Crippen molar-refractivity contribution in [3.05, 3.63) is 28.2 Å². The van der Waals surface area contributed by atoms with Gasteiger partial charge in [-0.15, -0.1) is 0 Å². The third-order valence-corrected chi connectivity index (χ3v) is 3.70. The highest BCUT2D eigenvalue weighted by Crippen LogP contribution is 2.35. The second-order valence-electron chi connectivity index (χ2n) is 3.87. The van der Waals surface area contributed by atoms with Gasteiger partial charge in [0.2, 0.25) is 0 Å². The summed E-state index contributed by atoms with van der Waals surface area (Å²) in [6, 6.07) is 5.23. The Kier molecular flexibility index (Phi) is 3.26. The van der Waals surface area contributed by atoms with Gasteiger partial charge in [-0.1, -0.05) is 29.3 Å². The summed E-state index contributed by atoms with van der Waals surface area (Å²) in [7, 11) is 0. The van der Waals surface area contributed by atoms with Gasteiger partial charge in [0.25, 0.3) is 0 Å². The molecule has 16 heavy (non-hydrogen) atoms. The Balaban J connectivity index is 2.10. The average Bonchev–Trinajstić information content (AvgIpc) is 2.17. The minimum Gasteiger partial charge on any atom is -0.481 e. The van der Waals surface area contributed by atoms with Crippen LogP contribution in [0.1, 0.15) is 12.8 Å². The molecule has 2 N–H and O–H groups in total. The van der Waals surface area contributed by atoms with Crippen LogP contribution in [0, 0.1) is 5.92 Å². The fraction of sp³-hybridized carbons (Fsp3) is 0.364. The molecule has 1 saturated carbocycles. The smallest absolute Gasteiger partial charge is 0.308 e. The van der Waals surface area contributed by atoms with Crippen molar-refractivity contribution in [1.82, 2.24) is 0 Å². The van der Waals surface area contributed by atoms with Crippen molar-refractivity contribution in [2.24, 2.45) is 5.92 Å². The van der Waals surface area contributed by atoms with Crippen molar-refractivity contribution in [1.29, 1.82) is 0 Å². The van der Waals surface area contributed by atoms with E-state index in [-0.39, 0.29) is 12.0 Å². The molecule has 0 saturated heterocycles. The van der Waals surface area contributed by atoms with Crippen LogP contribution < -0.4 is 5.32 Å². The summed E-state index contributed by atoms with van der Waals surface area (Å²) in [6.45, 7) is 0. The maximum absolute atomic E-state index is 10.8. The van der Waals surface area contributed by atoms with E-state index >= 15 is 0 Å². The fourth-order valence-corrected chi connectivity index (χ4v) is 2.14. The molecule has 0 heterocycles. The molecule has 0 amide bonds. The number of rotatable bonds is 3. The Morgan fingerprint density at radius 3 is 2.69 bits per heavy atom. The van der Waals surface area contributed by atoms with Crippen LogP contribution in [0.3, 0.4) is 0 Å².